The lowest BCUT2D eigenvalue weighted by Gasteiger charge is -2.18. The van der Waals surface area contributed by atoms with Crippen LogP contribution >= 0.6 is 23.2 Å². The zero-order valence-corrected chi connectivity index (χ0v) is 14.9. The molecule has 0 amide bonds. The SMILES string of the molecule is CCOC(=O)/C=C1\CCCc2cnn(Cc3ccc(Cl)cc3Cl)c21. The first-order valence-electron chi connectivity index (χ1n) is 7.94. The van der Waals surface area contributed by atoms with Crippen molar-refractivity contribution in [1.29, 1.82) is 0 Å². The number of hydrogen-bond donors (Lipinski definition) is 0. The van der Waals surface area contributed by atoms with Crippen molar-refractivity contribution >= 4 is 34.7 Å². The summed E-state index contributed by atoms with van der Waals surface area (Å²) in [5, 5.41) is 5.71. The van der Waals surface area contributed by atoms with Gasteiger partial charge in [-0.05, 0) is 55.0 Å². The Kier molecular flexibility index (Phi) is 5.27. The number of allylic oxidation sites excluding steroid dienone is 1. The van der Waals surface area contributed by atoms with Crippen LogP contribution in [0.5, 0.6) is 0 Å². The minimum absolute atomic E-state index is 0.308. The van der Waals surface area contributed by atoms with Gasteiger partial charge in [0, 0.05) is 16.1 Å². The Hall–Kier alpha value is -1.78. The molecule has 0 bridgehead atoms. The largest absolute Gasteiger partial charge is 0.463 e. The number of aryl methyl sites for hydroxylation is 1. The molecular formula is C18H18Cl2N2O2. The van der Waals surface area contributed by atoms with Crippen molar-refractivity contribution < 1.29 is 9.53 Å². The summed E-state index contributed by atoms with van der Waals surface area (Å²) in [6.45, 7) is 2.70. The Morgan fingerprint density at radius 2 is 2.21 bits per heavy atom. The summed E-state index contributed by atoms with van der Waals surface area (Å²) in [7, 11) is 0. The molecule has 0 saturated heterocycles. The second kappa shape index (κ2) is 7.41. The highest BCUT2D eigenvalue weighted by Crippen LogP contribution is 2.32. The van der Waals surface area contributed by atoms with Crippen LogP contribution in [-0.4, -0.2) is 22.4 Å². The minimum Gasteiger partial charge on any atom is -0.463 e. The van der Waals surface area contributed by atoms with Crippen LogP contribution in [0.2, 0.25) is 10.0 Å². The number of benzene rings is 1. The molecule has 1 aliphatic carbocycles. The van der Waals surface area contributed by atoms with Gasteiger partial charge in [-0.15, -0.1) is 0 Å². The van der Waals surface area contributed by atoms with Crippen LogP contribution in [0.1, 0.15) is 36.6 Å². The standard InChI is InChI=1S/C18H18Cl2N2O2/c1-2-24-17(23)8-12-4-3-5-13-10-21-22(18(12)13)11-14-6-7-15(19)9-16(14)20/h6-10H,2-5,11H2,1H3/b12-8+. The number of esters is 1. The smallest absolute Gasteiger partial charge is 0.331 e. The lowest BCUT2D eigenvalue weighted by atomic mass is 9.92. The lowest BCUT2D eigenvalue weighted by Crippen LogP contribution is -2.12. The first-order valence-corrected chi connectivity index (χ1v) is 8.70. The number of nitrogens with zero attached hydrogens (tertiary/aromatic N) is 2. The van der Waals surface area contributed by atoms with Crippen molar-refractivity contribution in [2.24, 2.45) is 0 Å². The maximum Gasteiger partial charge on any atom is 0.331 e. The molecule has 1 aromatic heterocycles. The summed E-state index contributed by atoms with van der Waals surface area (Å²) < 4.78 is 6.94. The highest BCUT2D eigenvalue weighted by atomic mass is 35.5. The fourth-order valence-electron chi connectivity index (χ4n) is 2.96. The summed E-state index contributed by atoms with van der Waals surface area (Å²) in [6.07, 6.45) is 6.27. The van der Waals surface area contributed by atoms with Crippen molar-refractivity contribution in [2.75, 3.05) is 6.61 Å². The molecular weight excluding hydrogens is 347 g/mol. The van der Waals surface area contributed by atoms with Gasteiger partial charge in [0.15, 0.2) is 0 Å². The molecule has 2 aromatic rings. The molecule has 0 fully saturated rings. The maximum absolute atomic E-state index is 11.8. The zero-order valence-electron chi connectivity index (χ0n) is 13.4. The van der Waals surface area contributed by atoms with Gasteiger partial charge in [-0.1, -0.05) is 29.3 Å². The predicted molar refractivity (Wildman–Crippen MR) is 95.3 cm³/mol. The average Bonchev–Trinajstić information content (AvgIpc) is 2.94. The second-order valence-corrected chi connectivity index (χ2v) is 6.53. The van der Waals surface area contributed by atoms with Crippen LogP contribution in [-0.2, 0) is 22.5 Å². The second-order valence-electron chi connectivity index (χ2n) is 5.69. The van der Waals surface area contributed by atoms with E-state index in [4.69, 9.17) is 27.9 Å². The van der Waals surface area contributed by atoms with Crippen molar-refractivity contribution in [2.45, 2.75) is 32.7 Å². The van der Waals surface area contributed by atoms with Crippen LogP contribution in [0.25, 0.3) is 5.57 Å². The van der Waals surface area contributed by atoms with Crippen LogP contribution in [0.4, 0.5) is 0 Å². The summed E-state index contributed by atoms with van der Waals surface area (Å²) in [4.78, 5) is 11.8. The molecule has 6 heteroatoms. The molecule has 0 unspecified atom stereocenters. The third kappa shape index (κ3) is 3.65. The minimum atomic E-state index is -0.308. The number of fused-ring (bicyclic) bond motifs is 1. The van der Waals surface area contributed by atoms with E-state index in [9.17, 15) is 4.79 Å². The van der Waals surface area contributed by atoms with Gasteiger partial charge in [0.25, 0.3) is 0 Å². The van der Waals surface area contributed by atoms with Gasteiger partial charge in [-0.2, -0.15) is 5.10 Å². The number of aromatic nitrogens is 2. The van der Waals surface area contributed by atoms with E-state index >= 15 is 0 Å². The van der Waals surface area contributed by atoms with Gasteiger partial charge >= 0.3 is 5.97 Å². The molecule has 1 heterocycles. The molecule has 0 aliphatic heterocycles. The molecule has 0 saturated carbocycles. The number of ether oxygens (including phenoxy) is 1. The number of carbonyl (C=O) groups is 1. The molecule has 4 nitrogen and oxygen atoms in total. The van der Waals surface area contributed by atoms with E-state index < -0.39 is 0 Å². The topological polar surface area (TPSA) is 44.1 Å². The van der Waals surface area contributed by atoms with Gasteiger partial charge in [-0.3, -0.25) is 4.68 Å². The van der Waals surface area contributed by atoms with Crippen molar-refractivity contribution in [3.63, 3.8) is 0 Å². The quantitative estimate of drug-likeness (QED) is 0.591. The normalized spacial score (nSPS) is 15.4. The molecule has 0 N–H and O–H groups in total. The zero-order chi connectivity index (χ0) is 17.1. The van der Waals surface area contributed by atoms with E-state index in [1.165, 1.54) is 0 Å². The van der Waals surface area contributed by atoms with E-state index in [0.717, 1.165) is 41.7 Å². The van der Waals surface area contributed by atoms with E-state index in [0.29, 0.717) is 23.2 Å². The Balaban J connectivity index is 1.94. The average molecular weight is 365 g/mol. The first-order chi connectivity index (χ1) is 11.6. The first kappa shape index (κ1) is 17.1. The van der Waals surface area contributed by atoms with E-state index in [2.05, 4.69) is 5.10 Å². The number of halogens is 2. The van der Waals surface area contributed by atoms with Gasteiger partial charge in [0.1, 0.15) is 0 Å². The van der Waals surface area contributed by atoms with Gasteiger partial charge in [0.05, 0.1) is 25.0 Å². The summed E-state index contributed by atoms with van der Waals surface area (Å²) in [5.74, 6) is -0.308. The van der Waals surface area contributed by atoms with Crippen LogP contribution in [0, 0.1) is 0 Å². The molecule has 1 aliphatic rings. The number of rotatable bonds is 4. The Morgan fingerprint density at radius 1 is 1.38 bits per heavy atom. The van der Waals surface area contributed by atoms with Crippen molar-refractivity contribution in [3.8, 4) is 0 Å². The highest BCUT2D eigenvalue weighted by Gasteiger charge is 2.21. The van der Waals surface area contributed by atoms with Crippen molar-refractivity contribution in [1.82, 2.24) is 9.78 Å². The third-order valence-corrected chi connectivity index (χ3v) is 4.61. The lowest BCUT2D eigenvalue weighted by molar-refractivity contribution is -0.137. The molecule has 24 heavy (non-hydrogen) atoms. The molecule has 1 aromatic carbocycles. The van der Waals surface area contributed by atoms with E-state index in [1.807, 2.05) is 23.0 Å². The van der Waals surface area contributed by atoms with Crippen LogP contribution < -0.4 is 0 Å². The summed E-state index contributed by atoms with van der Waals surface area (Å²) in [6, 6.07) is 5.44. The summed E-state index contributed by atoms with van der Waals surface area (Å²) >= 11 is 12.2. The van der Waals surface area contributed by atoms with E-state index in [1.54, 1.807) is 19.1 Å². The molecule has 0 radical (unpaired) electrons. The monoisotopic (exact) mass is 364 g/mol. The Morgan fingerprint density at radius 3 is 2.96 bits per heavy atom. The van der Waals surface area contributed by atoms with Crippen LogP contribution in [0.15, 0.2) is 30.5 Å². The molecule has 0 spiro atoms. The maximum atomic E-state index is 11.8. The fourth-order valence-corrected chi connectivity index (χ4v) is 3.43. The molecule has 0 atom stereocenters. The van der Waals surface area contributed by atoms with Crippen LogP contribution in [0.3, 0.4) is 0 Å². The highest BCUT2D eigenvalue weighted by molar-refractivity contribution is 6.35. The molecule has 126 valence electrons. The fraction of sp³-hybridized carbons (Fsp3) is 0.333. The van der Waals surface area contributed by atoms with Crippen molar-refractivity contribution in [3.05, 3.63) is 57.3 Å². The Bertz CT molecular complexity index is 796. The van der Waals surface area contributed by atoms with Gasteiger partial charge in [0.2, 0.25) is 0 Å². The number of hydrogen-bond acceptors (Lipinski definition) is 3. The number of carbonyl (C=O) groups excluding carboxylic acids is 1. The Labute approximate surface area is 151 Å². The van der Waals surface area contributed by atoms with E-state index in [-0.39, 0.29) is 5.97 Å². The summed E-state index contributed by atoms with van der Waals surface area (Å²) in [5.41, 5.74) is 4.06. The third-order valence-electron chi connectivity index (χ3n) is 4.03. The van der Waals surface area contributed by atoms with Gasteiger partial charge < -0.3 is 4.74 Å². The molecule has 3 rings (SSSR count). The predicted octanol–water partition coefficient (Wildman–Crippen LogP) is 4.52. The van der Waals surface area contributed by atoms with Gasteiger partial charge in [-0.25, -0.2) is 4.79 Å².